The highest BCUT2D eigenvalue weighted by Crippen LogP contribution is 2.19. The van der Waals surface area contributed by atoms with Gasteiger partial charge in [0.2, 0.25) is 0 Å². The highest BCUT2D eigenvalue weighted by atomic mass is 19.1. The van der Waals surface area contributed by atoms with E-state index in [9.17, 15) is 8.78 Å². The Labute approximate surface area is 129 Å². The van der Waals surface area contributed by atoms with Gasteiger partial charge in [-0.1, -0.05) is 49.0 Å². The minimum absolute atomic E-state index is 0.0670. The van der Waals surface area contributed by atoms with Crippen molar-refractivity contribution in [3.63, 3.8) is 0 Å². The summed E-state index contributed by atoms with van der Waals surface area (Å²) in [6.07, 6.45) is 0.609. The molecule has 1 unspecified atom stereocenters. The van der Waals surface area contributed by atoms with E-state index in [1.807, 2.05) is 36.4 Å². The zero-order valence-corrected chi connectivity index (χ0v) is 12.4. The van der Waals surface area contributed by atoms with Crippen LogP contribution in [0.4, 0.5) is 8.78 Å². The molecule has 0 aliphatic heterocycles. The molecule has 2 aromatic carbocycles. The maximum absolute atomic E-state index is 13.4. The summed E-state index contributed by atoms with van der Waals surface area (Å²) < 4.78 is 25.6. The predicted molar refractivity (Wildman–Crippen MR) is 85.5 cm³/mol. The molecule has 0 spiro atoms. The van der Waals surface area contributed by atoms with Crippen molar-refractivity contribution in [2.75, 3.05) is 13.2 Å². The lowest BCUT2D eigenvalue weighted by molar-refractivity contribution is 0.467. The molecule has 2 N–H and O–H groups in total. The monoisotopic (exact) mass is 302 g/mol. The van der Waals surface area contributed by atoms with Crippen molar-refractivity contribution >= 4 is 0 Å². The van der Waals surface area contributed by atoms with Crippen LogP contribution in [0.2, 0.25) is 0 Å². The van der Waals surface area contributed by atoms with Gasteiger partial charge in [-0.05, 0) is 29.7 Å². The zero-order chi connectivity index (χ0) is 15.8. The number of alkyl halides is 1. The summed E-state index contributed by atoms with van der Waals surface area (Å²) in [7, 11) is 0. The molecule has 22 heavy (non-hydrogen) atoms. The first-order valence-electron chi connectivity index (χ1n) is 7.23. The first-order valence-corrected chi connectivity index (χ1v) is 7.23. The van der Waals surface area contributed by atoms with Gasteiger partial charge in [-0.3, -0.25) is 0 Å². The van der Waals surface area contributed by atoms with Crippen molar-refractivity contribution in [1.29, 1.82) is 0 Å². The fraction of sp³-hybridized carbons (Fsp3) is 0.222. The molecule has 2 nitrogen and oxygen atoms in total. The Morgan fingerprint density at radius 2 is 1.86 bits per heavy atom. The molecule has 0 fully saturated rings. The summed E-state index contributed by atoms with van der Waals surface area (Å²) in [5.41, 5.74) is 1.95. The average Bonchev–Trinajstić information content (AvgIpc) is 2.53. The van der Waals surface area contributed by atoms with Gasteiger partial charge in [0.05, 0.1) is 11.9 Å². The summed E-state index contributed by atoms with van der Waals surface area (Å²) >= 11 is 0. The number of halogens is 2. The van der Waals surface area contributed by atoms with E-state index in [0.29, 0.717) is 12.2 Å². The third-order valence-electron chi connectivity index (χ3n) is 3.31. The van der Waals surface area contributed by atoms with Gasteiger partial charge in [0, 0.05) is 6.54 Å². The second kappa shape index (κ2) is 8.17. The van der Waals surface area contributed by atoms with Crippen LogP contribution >= 0.6 is 0 Å². The second-order valence-electron chi connectivity index (χ2n) is 5.04. The molecule has 4 heteroatoms. The van der Waals surface area contributed by atoms with Gasteiger partial charge in [0.15, 0.2) is 0 Å². The molecule has 2 aromatic rings. The van der Waals surface area contributed by atoms with Gasteiger partial charge in [0.1, 0.15) is 12.5 Å². The highest BCUT2D eigenvalue weighted by molar-refractivity contribution is 5.25. The van der Waals surface area contributed by atoms with Crippen molar-refractivity contribution < 1.29 is 8.78 Å². The minimum Gasteiger partial charge on any atom is -0.370 e. The van der Waals surface area contributed by atoms with Crippen molar-refractivity contribution in [2.24, 2.45) is 0 Å². The minimum atomic E-state index is -0.458. The first-order chi connectivity index (χ1) is 10.7. The molecule has 116 valence electrons. The maximum atomic E-state index is 13.4. The van der Waals surface area contributed by atoms with Crippen LogP contribution in [0, 0.1) is 5.82 Å². The van der Waals surface area contributed by atoms with Crippen molar-refractivity contribution in [3.05, 3.63) is 83.9 Å². The molecule has 1 atom stereocenters. The Kier molecular flexibility index (Phi) is 5.95. The number of rotatable bonds is 8. The number of benzene rings is 2. The van der Waals surface area contributed by atoms with E-state index in [-0.39, 0.29) is 18.4 Å². The number of hydrogen-bond donors (Lipinski definition) is 2. The van der Waals surface area contributed by atoms with Gasteiger partial charge in [-0.25, -0.2) is 8.78 Å². The van der Waals surface area contributed by atoms with Gasteiger partial charge in [-0.15, -0.1) is 0 Å². The fourth-order valence-corrected chi connectivity index (χ4v) is 2.30. The van der Waals surface area contributed by atoms with Crippen molar-refractivity contribution in [1.82, 2.24) is 10.6 Å². The van der Waals surface area contributed by atoms with Gasteiger partial charge < -0.3 is 10.6 Å². The van der Waals surface area contributed by atoms with E-state index in [4.69, 9.17) is 0 Å². The fourth-order valence-electron chi connectivity index (χ4n) is 2.30. The molecular weight excluding hydrogens is 282 g/mol. The number of hydrogen-bond acceptors (Lipinski definition) is 2. The molecular formula is C18H20F2N2. The Morgan fingerprint density at radius 1 is 1.09 bits per heavy atom. The smallest absolute Gasteiger partial charge is 0.123 e. The summed E-state index contributed by atoms with van der Waals surface area (Å²) in [5, 5.41) is 6.12. The van der Waals surface area contributed by atoms with Gasteiger partial charge in [0.25, 0.3) is 0 Å². The van der Waals surface area contributed by atoms with E-state index in [2.05, 4.69) is 17.2 Å². The SMILES string of the molecule is C=C(NCCF)NC(Cc1cccc(F)c1)c1ccccc1. The van der Waals surface area contributed by atoms with E-state index in [1.54, 1.807) is 6.07 Å². The van der Waals surface area contributed by atoms with Crippen LogP contribution in [0.3, 0.4) is 0 Å². The standard InChI is InChI=1S/C18H20F2N2/c1-14(21-11-10-19)22-18(16-7-3-2-4-8-16)13-15-6-5-9-17(20)12-15/h2-9,12,18,21-22H,1,10-11,13H2. The Hall–Kier alpha value is -2.36. The van der Waals surface area contributed by atoms with Crippen LogP contribution in [0.25, 0.3) is 0 Å². The van der Waals surface area contributed by atoms with E-state index in [1.165, 1.54) is 12.1 Å². The van der Waals surface area contributed by atoms with Crippen LogP contribution < -0.4 is 10.6 Å². The molecule has 0 aliphatic rings. The topological polar surface area (TPSA) is 24.1 Å². The predicted octanol–water partition coefficient (Wildman–Crippen LogP) is 3.73. The van der Waals surface area contributed by atoms with E-state index < -0.39 is 6.67 Å². The summed E-state index contributed by atoms with van der Waals surface area (Å²) in [5.74, 6) is 0.307. The lowest BCUT2D eigenvalue weighted by atomic mass is 9.99. The normalized spacial score (nSPS) is 11.7. The van der Waals surface area contributed by atoms with Crippen LogP contribution in [0.15, 0.2) is 67.0 Å². The lowest BCUT2D eigenvalue weighted by Crippen LogP contribution is -2.31. The summed E-state index contributed by atoms with van der Waals surface area (Å²) in [4.78, 5) is 0. The van der Waals surface area contributed by atoms with Crippen LogP contribution in [0.1, 0.15) is 17.2 Å². The molecule has 0 bridgehead atoms. The lowest BCUT2D eigenvalue weighted by Gasteiger charge is -2.22. The van der Waals surface area contributed by atoms with Gasteiger partial charge >= 0.3 is 0 Å². The molecule has 0 saturated heterocycles. The van der Waals surface area contributed by atoms with Crippen LogP contribution in [0.5, 0.6) is 0 Å². The summed E-state index contributed by atoms with van der Waals surface area (Å²) in [6.45, 7) is 3.61. The molecule has 0 radical (unpaired) electrons. The highest BCUT2D eigenvalue weighted by Gasteiger charge is 2.13. The molecule has 2 rings (SSSR count). The molecule has 0 aliphatic carbocycles. The van der Waals surface area contributed by atoms with E-state index >= 15 is 0 Å². The Morgan fingerprint density at radius 3 is 2.55 bits per heavy atom. The quantitative estimate of drug-likeness (QED) is 0.776. The third-order valence-corrected chi connectivity index (χ3v) is 3.31. The molecule has 0 saturated carbocycles. The molecule has 0 amide bonds. The van der Waals surface area contributed by atoms with E-state index in [0.717, 1.165) is 11.1 Å². The number of nitrogens with one attached hydrogen (secondary N) is 2. The Balaban J connectivity index is 2.13. The Bertz CT molecular complexity index is 599. The van der Waals surface area contributed by atoms with Crippen LogP contribution in [-0.4, -0.2) is 13.2 Å². The molecule has 0 aromatic heterocycles. The van der Waals surface area contributed by atoms with Gasteiger partial charge in [-0.2, -0.15) is 0 Å². The molecule has 0 heterocycles. The summed E-state index contributed by atoms with van der Waals surface area (Å²) in [6, 6.07) is 16.3. The van der Waals surface area contributed by atoms with Crippen molar-refractivity contribution in [2.45, 2.75) is 12.5 Å². The maximum Gasteiger partial charge on any atom is 0.123 e. The van der Waals surface area contributed by atoms with Crippen molar-refractivity contribution in [3.8, 4) is 0 Å². The average molecular weight is 302 g/mol. The zero-order valence-electron chi connectivity index (χ0n) is 12.4. The second-order valence-corrected chi connectivity index (χ2v) is 5.04. The van der Waals surface area contributed by atoms with Crippen LogP contribution in [-0.2, 0) is 6.42 Å². The third kappa shape index (κ3) is 4.88. The largest absolute Gasteiger partial charge is 0.370 e. The first kappa shape index (κ1) is 16.0.